The van der Waals surface area contributed by atoms with Crippen molar-refractivity contribution in [3.63, 3.8) is 0 Å². The van der Waals surface area contributed by atoms with Crippen molar-refractivity contribution in [2.45, 2.75) is 6.18 Å². The Labute approximate surface area is 197 Å². The minimum Gasteiger partial charge on any atom is -0.359 e. The predicted octanol–water partition coefficient (Wildman–Crippen LogP) is 8.13. The summed E-state index contributed by atoms with van der Waals surface area (Å²) >= 11 is 7.27. The molecule has 0 atom stereocenters. The molecule has 164 valence electrons. The van der Waals surface area contributed by atoms with E-state index in [1.165, 1.54) is 17.5 Å². The van der Waals surface area contributed by atoms with E-state index >= 15 is 0 Å². The number of benzene rings is 3. The van der Waals surface area contributed by atoms with Crippen LogP contribution >= 0.6 is 22.9 Å². The molecule has 0 bridgehead atoms. The van der Waals surface area contributed by atoms with Crippen molar-refractivity contribution >= 4 is 34.2 Å². The lowest BCUT2D eigenvalue weighted by atomic mass is 10.0. The molecule has 0 saturated carbocycles. The topological polar surface area (TPSA) is 48.7 Å². The van der Waals surface area contributed by atoms with Gasteiger partial charge in [0.1, 0.15) is 16.6 Å². The Kier molecular flexibility index (Phi) is 6.50. The first-order valence-electron chi connectivity index (χ1n) is 9.70. The molecule has 1 N–H and O–H groups in total. The van der Waals surface area contributed by atoms with Gasteiger partial charge in [0.15, 0.2) is 0 Å². The van der Waals surface area contributed by atoms with Crippen LogP contribution < -0.4 is 5.32 Å². The molecular weight excluding hydrogens is 467 g/mol. The average Bonchev–Trinajstić information content (AvgIpc) is 3.30. The second-order valence-electron chi connectivity index (χ2n) is 6.99. The smallest absolute Gasteiger partial charge is 0.359 e. The average molecular weight is 482 g/mol. The standard InChI is InChI=1S/C25H15ClF3N3S/c26-21-11-10-20(25(27,28)29)12-22(21)31-14-19(13-30)24-32-23(15-33-24)18-8-6-17(7-9-18)16-4-2-1-3-5-16/h1-12,14-15,31H/b19-14+. The van der Waals surface area contributed by atoms with Crippen LogP contribution in [0.5, 0.6) is 0 Å². The molecule has 0 aliphatic rings. The lowest BCUT2D eigenvalue weighted by Gasteiger charge is -2.10. The molecule has 4 rings (SSSR count). The van der Waals surface area contributed by atoms with Crippen molar-refractivity contribution < 1.29 is 13.2 Å². The van der Waals surface area contributed by atoms with E-state index in [9.17, 15) is 18.4 Å². The number of rotatable bonds is 5. The molecule has 1 aromatic heterocycles. The lowest BCUT2D eigenvalue weighted by molar-refractivity contribution is -0.137. The van der Waals surface area contributed by atoms with Gasteiger partial charge in [0.05, 0.1) is 22.0 Å². The maximum Gasteiger partial charge on any atom is 0.416 e. The van der Waals surface area contributed by atoms with Crippen molar-refractivity contribution in [1.29, 1.82) is 5.26 Å². The number of nitrogens with zero attached hydrogens (tertiary/aromatic N) is 2. The van der Waals surface area contributed by atoms with Gasteiger partial charge in [-0.05, 0) is 29.3 Å². The SMILES string of the molecule is N#C/C(=C\Nc1cc(C(F)(F)F)ccc1Cl)c1nc(-c2ccc(-c3ccccc3)cc2)cs1. The molecule has 0 spiro atoms. The van der Waals surface area contributed by atoms with E-state index in [2.05, 4.69) is 10.3 Å². The van der Waals surface area contributed by atoms with Crippen molar-refractivity contribution in [2.75, 3.05) is 5.32 Å². The van der Waals surface area contributed by atoms with Gasteiger partial charge in [0, 0.05) is 17.1 Å². The molecule has 8 heteroatoms. The van der Waals surface area contributed by atoms with Crippen LogP contribution in [0, 0.1) is 11.3 Å². The monoisotopic (exact) mass is 481 g/mol. The van der Waals surface area contributed by atoms with Gasteiger partial charge in [-0.2, -0.15) is 18.4 Å². The normalized spacial score (nSPS) is 11.8. The van der Waals surface area contributed by atoms with Crippen LogP contribution in [0.1, 0.15) is 10.6 Å². The van der Waals surface area contributed by atoms with Gasteiger partial charge in [0.2, 0.25) is 0 Å². The fraction of sp³-hybridized carbons (Fsp3) is 0.0400. The molecule has 0 saturated heterocycles. The van der Waals surface area contributed by atoms with Crippen LogP contribution in [0.25, 0.3) is 28.0 Å². The highest BCUT2D eigenvalue weighted by molar-refractivity contribution is 7.11. The Balaban J connectivity index is 1.55. The first kappa shape index (κ1) is 22.6. The summed E-state index contributed by atoms with van der Waals surface area (Å²) < 4.78 is 38.9. The summed E-state index contributed by atoms with van der Waals surface area (Å²) in [6, 6.07) is 22.9. The number of hydrogen-bond donors (Lipinski definition) is 1. The minimum absolute atomic E-state index is 0.0486. The molecule has 3 aromatic carbocycles. The summed E-state index contributed by atoms with van der Waals surface area (Å²) in [5, 5.41) is 14.6. The van der Waals surface area contributed by atoms with E-state index in [1.54, 1.807) is 0 Å². The molecule has 33 heavy (non-hydrogen) atoms. The summed E-state index contributed by atoms with van der Waals surface area (Å²) in [5.41, 5.74) is 3.17. The van der Waals surface area contributed by atoms with Gasteiger partial charge in [-0.25, -0.2) is 4.98 Å². The highest BCUT2D eigenvalue weighted by atomic mass is 35.5. The Morgan fingerprint density at radius 1 is 0.970 bits per heavy atom. The third kappa shape index (κ3) is 5.25. The largest absolute Gasteiger partial charge is 0.416 e. The number of nitrogens with one attached hydrogen (secondary N) is 1. The molecule has 0 aliphatic carbocycles. The Bertz CT molecular complexity index is 1340. The molecule has 4 aromatic rings. The van der Waals surface area contributed by atoms with Crippen molar-refractivity contribution in [3.05, 3.63) is 100.0 Å². The van der Waals surface area contributed by atoms with Gasteiger partial charge in [-0.1, -0.05) is 66.2 Å². The van der Waals surface area contributed by atoms with Gasteiger partial charge in [0.25, 0.3) is 0 Å². The van der Waals surface area contributed by atoms with E-state index in [0.29, 0.717) is 10.7 Å². The molecule has 0 fully saturated rings. The molecule has 0 amide bonds. The second-order valence-corrected chi connectivity index (χ2v) is 8.25. The predicted molar refractivity (Wildman–Crippen MR) is 127 cm³/mol. The van der Waals surface area contributed by atoms with Crippen molar-refractivity contribution in [2.24, 2.45) is 0 Å². The second kappa shape index (κ2) is 9.49. The number of thiazole rings is 1. The van der Waals surface area contributed by atoms with E-state index in [-0.39, 0.29) is 16.3 Å². The maximum absolute atomic E-state index is 13.0. The van der Waals surface area contributed by atoms with Crippen molar-refractivity contribution in [1.82, 2.24) is 4.98 Å². The minimum atomic E-state index is -4.50. The van der Waals surface area contributed by atoms with Crippen LogP contribution in [-0.4, -0.2) is 4.98 Å². The van der Waals surface area contributed by atoms with E-state index < -0.39 is 11.7 Å². The van der Waals surface area contributed by atoms with Crippen molar-refractivity contribution in [3.8, 4) is 28.5 Å². The first-order chi connectivity index (χ1) is 15.8. The van der Waals surface area contributed by atoms with Gasteiger partial charge in [-0.15, -0.1) is 11.3 Å². The highest BCUT2D eigenvalue weighted by Crippen LogP contribution is 2.34. The molecule has 1 heterocycles. The third-order valence-electron chi connectivity index (χ3n) is 4.81. The van der Waals surface area contributed by atoms with Crippen LogP contribution in [0.4, 0.5) is 18.9 Å². The molecule has 0 aliphatic heterocycles. The number of aromatic nitrogens is 1. The van der Waals surface area contributed by atoms with Crippen LogP contribution in [0.2, 0.25) is 5.02 Å². The number of anilines is 1. The van der Waals surface area contributed by atoms with E-state index in [0.717, 1.165) is 34.9 Å². The number of allylic oxidation sites excluding steroid dienone is 1. The number of alkyl halides is 3. The van der Waals surface area contributed by atoms with Crippen LogP contribution in [-0.2, 0) is 6.18 Å². The van der Waals surface area contributed by atoms with E-state index in [1.807, 2.05) is 66.0 Å². The number of nitriles is 1. The summed E-state index contributed by atoms with van der Waals surface area (Å²) in [7, 11) is 0. The molecule has 3 nitrogen and oxygen atoms in total. The summed E-state index contributed by atoms with van der Waals surface area (Å²) in [5.74, 6) is 0. The Hall–Kier alpha value is -3.60. The number of halogens is 4. The zero-order chi connectivity index (χ0) is 23.4. The number of hydrogen-bond acceptors (Lipinski definition) is 4. The van der Waals surface area contributed by atoms with E-state index in [4.69, 9.17) is 11.6 Å². The Morgan fingerprint density at radius 2 is 1.64 bits per heavy atom. The summed E-state index contributed by atoms with van der Waals surface area (Å²) in [6.07, 6.45) is -3.19. The molecular formula is C25H15ClF3N3S. The third-order valence-corrected chi connectivity index (χ3v) is 6.01. The van der Waals surface area contributed by atoms with Gasteiger partial charge in [-0.3, -0.25) is 0 Å². The quantitative estimate of drug-likeness (QED) is 0.293. The highest BCUT2D eigenvalue weighted by Gasteiger charge is 2.30. The lowest BCUT2D eigenvalue weighted by Crippen LogP contribution is -2.05. The first-order valence-corrected chi connectivity index (χ1v) is 11.0. The van der Waals surface area contributed by atoms with Gasteiger partial charge >= 0.3 is 6.18 Å². The fourth-order valence-electron chi connectivity index (χ4n) is 3.10. The fourth-order valence-corrected chi connectivity index (χ4v) is 4.06. The van der Waals surface area contributed by atoms with Gasteiger partial charge < -0.3 is 5.32 Å². The molecule has 0 unspecified atom stereocenters. The van der Waals surface area contributed by atoms with Crippen LogP contribution in [0.3, 0.4) is 0 Å². The van der Waals surface area contributed by atoms with Crippen LogP contribution in [0.15, 0.2) is 84.4 Å². The molecule has 0 radical (unpaired) electrons. The maximum atomic E-state index is 13.0. The zero-order valence-corrected chi connectivity index (χ0v) is 18.5. The summed E-state index contributed by atoms with van der Waals surface area (Å²) in [6.45, 7) is 0. The Morgan fingerprint density at radius 3 is 2.30 bits per heavy atom. The zero-order valence-electron chi connectivity index (χ0n) is 16.9. The summed E-state index contributed by atoms with van der Waals surface area (Å²) in [4.78, 5) is 4.52.